The maximum Gasteiger partial charge on any atom is 0.129 e. The van der Waals surface area contributed by atoms with Crippen LogP contribution in [-0.4, -0.2) is 13.3 Å². The summed E-state index contributed by atoms with van der Waals surface area (Å²) in [5, 5.41) is 18.4. The Morgan fingerprint density at radius 1 is 0.361 bits per heavy atom. The Morgan fingerprint density at radius 2 is 0.794 bits per heavy atom. The van der Waals surface area contributed by atoms with Crippen LogP contribution in [0.4, 0.5) is 17.1 Å². The molecule has 0 saturated carbocycles. The maximum atomic E-state index is 11.2. The predicted molar refractivity (Wildman–Crippen MR) is 409 cm³/mol. The molecule has 0 bridgehead atoms. The lowest BCUT2D eigenvalue weighted by molar-refractivity contribution is 0.588. The lowest BCUT2D eigenvalue weighted by atomic mass is 9.76. The summed E-state index contributed by atoms with van der Waals surface area (Å²) in [5.74, 6) is -0.578. The molecule has 0 saturated heterocycles. The van der Waals surface area contributed by atoms with Crippen LogP contribution in [0, 0.1) is 11.3 Å². The van der Waals surface area contributed by atoms with Gasteiger partial charge in [0.15, 0.2) is 0 Å². The van der Waals surface area contributed by atoms with Crippen molar-refractivity contribution in [3.05, 3.63) is 337 Å². The van der Waals surface area contributed by atoms with Gasteiger partial charge in [-0.05, 0) is 177 Å². The number of nitriles is 1. The Kier molecular flexibility index (Phi) is 15.4. The van der Waals surface area contributed by atoms with Gasteiger partial charge in [0.25, 0.3) is 0 Å². The van der Waals surface area contributed by atoms with Crippen molar-refractivity contribution in [3.63, 3.8) is 0 Å². The molecule has 16 aromatic rings. The van der Waals surface area contributed by atoms with Crippen LogP contribution in [0.25, 0.3) is 116 Å². The first kappa shape index (κ1) is 60.5. The highest BCUT2D eigenvalue weighted by molar-refractivity contribution is 7.00. The van der Waals surface area contributed by atoms with Crippen molar-refractivity contribution in [2.24, 2.45) is 0 Å². The van der Waals surface area contributed by atoms with Gasteiger partial charge in [-0.25, -0.2) is 0 Å². The summed E-state index contributed by atoms with van der Waals surface area (Å²) < 4.78 is 12.7. The van der Waals surface area contributed by atoms with Crippen molar-refractivity contribution in [3.8, 4) is 67.4 Å². The number of hydrogen-bond donors (Lipinski definition) is 0. The van der Waals surface area contributed by atoms with E-state index in [2.05, 4.69) is 366 Å². The summed E-state index contributed by atoms with van der Waals surface area (Å²) >= 11 is 1.25. The van der Waals surface area contributed by atoms with Crippen LogP contribution in [0.5, 0.6) is 0 Å². The molecule has 1 atom stereocenters. The first-order valence-corrected chi connectivity index (χ1v) is 34.2. The van der Waals surface area contributed by atoms with Crippen LogP contribution < -0.4 is 4.90 Å². The summed E-state index contributed by atoms with van der Waals surface area (Å²) in [4.78, 5) is 2.31. The van der Waals surface area contributed by atoms with Crippen LogP contribution in [-0.2, 0) is 10.8 Å². The van der Waals surface area contributed by atoms with E-state index in [1.54, 1.807) is 0 Å². The quantitative estimate of drug-likeness (QED) is 0.108. The monoisotopic (exact) mass is 1270 g/mol. The standard InChI is InChI=1S/C91H71N5S/c1-90(2,3)69-43-34-66(35-44-69)85(67-36-45-70(46-37-67)91(4,5)6)81(58-92)63-32-30-60(31-33-63)62-40-49-72(50-41-62)95(71-47-38-61(39-48-71)59-20-10-7-11-21-59)84-55-53-74(88-89(84)94-97-93-88)68-42-54-83-79(56-68)75-26-18-19-29-82(75)96(83)73-51-52-78-80(57-73)87(65-24-14-9-15-25-65)77-28-17-16-27-76(77)86(78)64-22-12-8-13-23-64/h7-57,81,85H,1-6H3. The van der Waals surface area contributed by atoms with Crippen molar-refractivity contribution >= 4 is 83.2 Å². The normalized spacial score (nSPS) is 12.3. The molecule has 6 heteroatoms. The second-order valence-electron chi connectivity index (χ2n) is 27.7. The fourth-order valence-electron chi connectivity index (χ4n) is 14.7. The van der Waals surface area contributed by atoms with E-state index in [1.807, 2.05) is 0 Å². The number of nitrogens with zero attached hydrogens (tertiary/aromatic N) is 5. The van der Waals surface area contributed by atoms with E-state index in [0.717, 1.165) is 100 Å². The van der Waals surface area contributed by atoms with E-state index in [9.17, 15) is 5.26 Å². The molecule has 0 aliphatic rings. The SMILES string of the molecule is CC(C)(C)c1ccc(C(c2ccc(C(C)(C)C)cc2)C(C#N)c2ccc(-c3ccc(N(c4ccc(-c5ccccc5)cc4)c4ccc(-c5ccc6c(c5)c5ccccc5n6-c5ccc6c(-c7ccccc7)c7ccccc7c(-c7ccccc7)c6c5)c5nsnc45)cc3)cc2)cc1. The molecule has 5 nitrogen and oxygen atoms in total. The lowest BCUT2D eigenvalue weighted by Gasteiger charge is -2.27. The summed E-state index contributed by atoms with van der Waals surface area (Å²) in [6, 6.07) is 115. The van der Waals surface area contributed by atoms with Crippen LogP contribution in [0.3, 0.4) is 0 Å². The van der Waals surface area contributed by atoms with Gasteiger partial charge in [-0.1, -0.05) is 284 Å². The highest BCUT2D eigenvalue weighted by atomic mass is 32.1. The van der Waals surface area contributed by atoms with E-state index in [4.69, 9.17) is 8.75 Å². The van der Waals surface area contributed by atoms with Gasteiger partial charge in [0.2, 0.25) is 0 Å². The minimum Gasteiger partial charge on any atom is -0.309 e. The van der Waals surface area contributed by atoms with Crippen LogP contribution in [0.1, 0.15) is 81.2 Å². The second kappa shape index (κ2) is 24.7. The predicted octanol–water partition coefficient (Wildman–Crippen LogP) is 24.9. The van der Waals surface area contributed by atoms with E-state index >= 15 is 0 Å². The minimum atomic E-state index is -0.417. The molecule has 0 fully saturated rings. The van der Waals surface area contributed by atoms with Gasteiger partial charge < -0.3 is 9.47 Å². The van der Waals surface area contributed by atoms with Gasteiger partial charge in [0.05, 0.1) is 40.4 Å². The van der Waals surface area contributed by atoms with E-state index in [1.165, 1.54) is 72.0 Å². The van der Waals surface area contributed by atoms with E-state index in [0.29, 0.717) is 0 Å². The highest BCUT2D eigenvalue weighted by Crippen LogP contribution is 2.48. The topological polar surface area (TPSA) is 57.7 Å². The van der Waals surface area contributed by atoms with E-state index < -0.39 is 5.92 Å². The Balaban J connectivity index is 0.763. The molecule has 0 aliphatic heterocycles. The maximum absolute atomic E-state index is 11.2. The third kappa shape index (κ3) is 11.1. The van der Waals surface area contributed by atoms with Crippen molar-refractivity contribution in [1.29, 1.82) is 5.26 Å². The Morgan fingerprint density at radius 3 is 1.33 bits per heavy atom. The molecule has 16 rings (SSSR count). The molecule has 0 N–H and O–H groups in total. The van der Waals surface area contributed by atoms with Crippen LogP contribution in [0.15, 0.2) is 309 Å². The zero-order valence-corrected chi connectivity index (χ0v) is 56.1. The largest absolute Gasteiger partial charge is 0.309 e. The molecule has 0 amide bonds. The number of anilines is 3. The van der Waals surface area contributed by atoms with Crippen LogP contribution >= 0.6 is 11.7 Å². The molecule has 0 spiro atoms. The zero-order valence-electron chi connectivity index (χ0n) is 55.2. The Hall–Kier alpha value is -11.5. The number of fused-ring (bicyclic) bond motifs is 6. The van der Waals surface area contributed by atoms with Crippen molar-refractivity contribution in [2.45, 2.75) is 64.2 Å². The molecule has 1 unspecified atom stereocenters. The average Bonchev–Trinajstić information content (AvgIpc) is 1.70. The van der Waals surface area contributed by atoms with Gasteiger partial charge >= 0.3 is 0 Å². The smallest absolute Gasteiger partial charge is 0.129 e. The molecular weight excluding hydrogens is 1200 g/mol. The van der Waals surface area contributed by atoms with Crippen molar-refractivity contribution in [1.82, 2.24) is 13.3 Å². The summed E-state index contributed by atoms with van der Waals surface area (Å²) in [6.45, 7) is 13.5. The Bertz CT molecular complexity index is 5560. The fraction of sp³-hybridized carbons (Fsp3) is 0.110. The molecule has 2 aromatic heterocycles. The number of benzene rings is 14. The van der Waals surface area contributed by atoms with Crippen molar-refractivity contribution < 1.29 is 0 Å². The Labute approximate surface area is 571 Å². The molecule has 97 heavy (non-hydrogen) atoms. The van der Waals surface area contributed by atoms with Gasteiger partial charge in [-0.3, -0.25) is 0 Å². The lowest BCUT2D eigenvalue weighted by Crippen LogP contribution is -2.15. The molecule has 2 heterocycles. The van der Waals surface area contributed by atoms with Gasteiger partial charge in [-0.15, -0.1) is 0 Å². The minimum absolute atomic E-state index is 0.0151. The molecule has 466 valence electrons. The van der Waals surface area contributed by atoms with Gasteiger partial charge in [-0.2, -0.15) is 14.0 Å². The third-order valence-electron chi connectivity index (χ3n) is 19.7. The number of hydrogen-bond acceptors (Lipinski definition) is 5. The first-order valence-electron chi connectivity index (χ1n) is 33.5. The summed E-state index contributed by atoms with van der Waals surface area (Å²) in [5.41, 5.74) is 25.2. The summed E-state index contributed by atoms with van der Waals surface area (Å²) in [6.07, 6.45) is 0. The molecule has 0 radical (unpaired) electrons. The second-order valence-corrected chi connectivity index (χ2v) is 28.2. The highest BCUT2D eigenvalue weighted by Gasteiger charge is 2.29. The molecular formula is C91H71N5S. The number of para-hydroxylation sites is 1. The van der Waals surface area contributed by atoms with E-state index in [-0.39, 0.29) is 16.7 Å². The van der Waals surface area contributed by atoms with Crippen LogP contribution in [0.2, 0.25) is 0 Å². The van der Waals surface area contributed by atoms with Gasteiger partial charge in [0, 0.05) is 39.3 Å². The fourth-order valence-corrected chi connectivity index (χ4v) is 15.2. The number of aromatic nitrogens is 3. The molecule has 0 aliphatic carbocycles. The number of rotatable bonds is 13. The van der Waals surface area contributed by atoms with Gasteiger partial charge in [0.1, 0.15) is 11.0 Å². The average molecular weight is 1270 g/mol. The molecule has 14 aromatic carbocycles. The third-order valence-corrected chi connectivity index (χ3v) is 20.2. The zero-order chi connectivity index (χ0) is 65.9. The first-order chi connectivity index (χ1) is 47.3. The van der Waals surface area contributed by atoms with Crippen molar-refractivity contribution in [2.75, 3.05) is 4.90 Å². The summed E-state index contributed by atoms with van der Waals surface area (Å²) in [7, 11) is 0.